The lowest BCUT2D eigenvalue weighted by atomic mass is 10.2. The predicted octanol–water partition coefficient (Wildman–Crippen LogP) is 3.75. The minimum absolute atomic E-state index is 0.0444. The van der Waals surface area contributed by atoms with Gasteiger partial charge in [0.1, 0.15) is 6.23 Å². The van der Waals surface area contributed by atoms with Crippen molar-refractivity contribution < 1.29 is 14.6 Å². The van der Waals surface area contributed by atoms with E-state index in [-0.39, 0.29) is 12.0 Å². The minimum atomic E-state index is -0.0616. The van der Waals surface area contributed by atoms with Crippen LogP contribution in [0.2, 0.25) is 0 Å². The Morgan fingerprint density at radius 1 is 1.35 bits per heavy atom. The number of rotatable bonds is 4. The van der Waals surface area contributed by atoms with E-state index in [1.165, 1.54) is 7.11 Å². The van der Waals surface area contributed by atoms with Gasteiger partial charge in [-0.1, -0.05) is 0 Å². The van der Waals surface area contributed by atoms with Gasteiger partial charge in [-0.15, -0.1) is 0 Å². The van der Waals surface area contributed by atoms with Crippen molar-refractivity contribution in [3.05, 3.63) is 29.3 Å². The first kappa shape index (κ1) is 17.0. The summed E-state index contributed by atoms with van der Waals surface area (Å²) in [5, 5.41) is 13.2. The molecule has 136 valence electrons. The predicted molar refractivity (Wildman–Crippen MR) is 99.8 cm³/mol. The van der Waals surface area contributed by atoms with Crippen molar-refractivity contribution in [2.24, 2.45) is 0 Å². The van der Waals surface area contributed by atoms with Gasteiger partial charge in [0.15, 0.2) is 28.5 Å². The van der Waals surface area contributed by atoms with Gasteiger partial charge in [0.05, 0.1) is 13.4 Å². The van der Waals surface area contributed by atoms with Crippen LogP contribution in [0.5, 0.6) is 11.5 Å². The normalized spacial score (nSPS) is 17.4. The van der Waals surface area contributed by atoms with Crippen molar-refractivity contribution >= 4 is 38.6 Å². The molecule has 1 aromatic carbocycles. The van der Waals surface area contributed by atoms with Gasteiger partial charge in [0, 0.05) is 18.4 Å². The molecule has 9 heteroatoms. The first-order valence-electron chi connectivity index (χ1n) is 8.31. The Balaban J connectivity index is 1.71. The molecule has 1 unspecified atom stereocenters. The number of phenolic OH excluding ortho intramolecular Hbond substituents is 1. The molecule has 1 aliphatic rings. The molecular formula is C17H18BrN5O3. The third-order valence-corrected chi connectivity index (χ3v) is 4.66. The Morgan fingerprint density at radius 2 is 2.23 bits per heavy atom. The number of nitrogens with zero attached hydrogens (tertiary/aromatic N) is 4. The van der Waals surface area contributed by atoms with Crippen LogP contribution < -0.4 is 10.1 Å². The summed E-state index contributed by atoms with van der Waals surface area (Å²) in [4.78, 5) is 13.3. The van der Waals surface area contributed by atoms with Gasteiger partial charge >= 0.3 is 0 Å². The van der Waals surface area contributed by atoms with Gasteiger partial charge in [-0.3, -0.25) is 4.57 Å². The summed E-state index contributed by atoms with van der Waals surface area (Å²) in [5.41, 5.74) is 2.00. The number of aromatic hydroxyl groups is 1. The van der Waals surface area contributed by atoms with Crippen LogP contribution >= 0.6 is 15.9 Å². The molecule has 0 radical (unpaired) electrons. The fourth-order valence-electron chi connectivity index (χ4n) is 3.04. The summed E-state index contributed by atoms with van der Waals surface area (Å²) in [5.74, 6) is 0.993. The zero-order valence-corrected chi connectivity index (χ0v) is 15.7. The zero-order chi connectivity index (χ0) is 18.1. The summed E-state index contributed by atoms with van der Waals surface area (Å²) < 4.78 is 13.3. The Kier molecular flexibility index (Phi) is 4.64. The molecule has 3 aromatic rings. The van der Waals surface area contributed by atoms with E-state index in [1.54, 1.807) is 24.5 Å². The molecule has 3 heterocycles. The number of fused-ring (bicyclic) bond motifs is 1. The van der Waals surface area contributed by atoms with Crippen molar-refractivity contribution in [1.29, 1.82) is 0 Å². The highest BCUT2D eigenvalue weighted by Crippen LogP contribution is 2.32. The fraction of sp³-hybridized carbons (Fsp3) is 0.353. The molecule has 1 aliphatic heterocycles. The summed E-state index contributed by atoms with van der Waals surface area (Å²) in [6, 6.07) is 5.04. The number of phenols is 1. The van der Waals surface area contributed by atoms with E-state index < -0.39 is 0 Å². The number of hydrogen-bond donors (Lipinski definition) is 2. The molecule has 2 N–H and O–H groups in total. The molecule has 0 bridgehead atoms. The maximum Gasteiger partial charge on any atom is 0.200 e. The quantitative estimate of drug-likeness (QED) is 0.621. The Labute approximate surface area is 158 Å². The van der Waals surface area contributed by atoms with E-state index in [0.717, 1.165) is 25.9 Å². The second-order valence-electron chi connectivity index (χ2n) is 6.00. The highest BCUT2D eigenvalue weighted by molar-refractivity contribution is 9.10. The molecule has 1 atom stereocenters. The first-order valence-corrected chi connectivity index (χ1v) is 9.10. The fourth-order valence-corrected chi connectivity index (χ4v) is 3.38. The molecule has 1 saturated heterocycles. The average molecular weight is 420 g/mol. The molecule has 0 aliphatic carbocycles. The monoisotopic (exact) mass is 419 g/mol. The molecule has 8 nitrogen and oxygen atoms in total. The Hall–Kier alpha value is -2.39. The van der Waals surface area contributed by atoms with Crippen molar-refractivity contribution in [1.82, 2.24) is 19.5 Å². The smallest absolute Gasteiger partial charge is 0.200 e. The standard InChI is InChI=1S/C17H18BrN5O3/c1-25-12-6-5-10(8-11(12)24)20-15-14-16(22-17(18)21-15)23(9-19-14)13-4-2-3-7-26-13/h5-6,8-9,13,24H,2-4,7H2,1H3,(H,20,21,22). The molecule has 1 fully saturated rings. The summed E-state index contributed by atoms with van der Waals surface area (Å²) in [6.45, 7) is 0.743. The molecule has 0 saturated carbocycles. The van der Waals surface area contributed by atoms with Crippen LogP contribution in [0.3, 0.4) is 0 Å². The van der Waals surface area contributed by atoms with Gasteiger partial charge in [0.2, 0.25) is 4.73 Å². The number of nitrogens with one attached hydrogen (secondary N) is 1. The minimum Gasteiger partial charge on any atom is -0.504 e. The van der Waals surface area contributed by atoms with Crippen LogP contribution in [0, 0.1) is 0 Å². The lowest BCUT2D eigenvalue weighted by Crippen LogP contribution is -2.17. The number of aromatic nitrogens is 4. The second-order valence-corrected chi connectivity index (χ2v) is 6.71. The molecule has 0 spiro atoms. The van der Waals surface area contributed by atoms with Gasteiger partial charge < -0.3 is 19.9 Å². The topological polar surface area (TPSA) is 94.3 Å². The highest BCUT2D eigenvalue weighted by Gasteiger charge is 2.21. The summed E-state index contributed by atoms with van der Waals surface area (Å²) >= 11 is 3.36. The Bertz CT molecular complexity index is 940. The van der Waals surface area contributed by atoms with E-state index in [2.05, 4.69) is 36.2 Å². The lowest BCUT2D eigenvalue weighted by Gasteiger charge is -2.23. The van der Waals surface area contributed by atoms with E-state index in [1.807, 2.05) is 4.57 Å². The van der Waals surface area contributed by atoms with Crippen LogP contribution in [-0.4, -0.2) is 38.3 Å². The Morgan fingerprint density at radius 3 is 2.96 bits per heavy atom. The van der Waals surface area contributed by atoms with Crippen LogP contribution in [0.15, 0.2) is 29.3 Å². The van der Waals surface area contributed by atoms with Crippen LogP contribution in [-0.2, 0) is 4.74 Å². The summed E-state index contributed by atoms with van der Waals surface area (Å²) in [7, 11) is 1.51. The van der Waals surface area contributed by atoms with Crippen molar-refractivity contribution in [3.63, 3.8) is 0 Å². The maximum absolute atomic E-state index is 9.97. The highest BCUT2D eigenvalue weighted by atomic mass is 79.9. The van der Waals surface area contributed by atoms with E-state index in [0.29, 0.717) is 33.2 Å². The molecule has 2 aromatic heterocycles. The van der Waals surface area contributed by atoms with E-state index >= 15 is 0 Å². The molecular weight excluding hydrogens is 402 g/mol. The number of benzene rings is 1. The summed E-state index contributed by atoms with van der Waals surface area (Å²) in [6.07, 6.45) is 4.80. The second kappa shape index (κ2) is 7.08. The lowest BCUT2D eigenvalue weighted by molar-refractivity contribution is -0.0298. The van der Waals surface area contributed by atoms with Crippen molar-refractivity contribution in [2.75, 3.05) is 19.0 Å². The zero-order valence-electron chi connectivity index (χ0n) is 14.1. The van der Waals surface area contributed by atoms with Gasteiger partial charge in [-0.2, -0.15) is 0 Å². The molecule has 26 heavy (non-hydrogen) atoms. The van der Waals surface area contributed by atoms with Crippen LogP contribution in [0.25, 0.3) is 11.2 Å². The first-order chi connectivity index (χ1) is 12.7. The van der Waals surface area contributed by atoms with Crippen molar-refractivity contribution in [3.8, 4) is 11.5 Å². The largest absolute Gasteiger partial charge is 0.504 e. The van der Waals surface area contributed by atoms with E-state index in [4.69, 9.17) is 9.47 Å². The van der Waals surface area contributed by atoms with Crippen LogP contribution in [0.4, 0.5) is 11.5 Å². The number of hydrogen-bond acceptors (Lipinski definition) is 7. The van der Waals surface area contributed by atoms with E-state index in [9.17, 15) is 5.11 Å². The number of imidazole rings is 1. The number of ether oxygens (including phenoxy) is 2. The number of halogens is 1. The maximum atomic E-state index is 9.97. The van der Waals surface area contributed by atoms with Gasteiger partial charge in [-0.05, 0) is 47.3 Å². The van der Waals surface area contributed by atoms with Gasteiger partial charge in [0.25, 0.3) is 0 Å². The van der Waals surface area contributed by atoms with Gasteiger partial charge in [-0.25, -0.2) is 15.0 Å². The van der Waals surface area contributed by atoms with Crippen molar-refractivity contribution in [2.45, 2.75) is 25.5 Å². The number of methoxy groups -OCH3 is 1. The molecule has 0 amide bonds. The SMILES string of the molecule is COc1ccc(Nc2nc(Br)nc3c2ncn3C2CCCCO2)cc1O. The molecule has 4 rings (SSSR count). The third-order valence-electron chi connectivity index (χ3n) is 4.30. The third kappa shape index (κ3) is 3.19. The van der Waals surface area contributed by atoms with Crippen LogP contribution in [0.1, 0.15) is 25.5 Å². The average Bonchev–Trinajstić information content (AvgIpc) is 3.06. The number of anilines is 2.